The Morgan fingerprint density at radius 3 is 2.59 bits per heavy atom. The molecule has 134 valence electrons. The molecule has 27 heavy (non-hydrogen) atoms. The van der Waals surface area contributed by atoms with E-state index in [1.165, 1.54) is 6.07 Å². The van der Waals surface area contributed by atoms with Crippen molar-refractivity contribution in [3.05, 3.63) is 88.4 Å². The standard InChI is InChI=1S/C20H14F2N4O/c1-11-17-18(14-8-7-12(21)9-16(14)22)15(10-23)19(24)27-20(17)26(25-11)13-5-3-2-4-6-13/h2-9,18H,24H2,1H3/t18-/m0/s1. The normalized spacial score (nSPS) is 15.9. The van der Waals surface area contributed by atoms with Gasteiger partial charge in [0.05, 0.1) is 22.9 Å². The smallest absolute Gasteiger partial charge is 0.229 e. The highest BCUT2D eigenvalue weighted by Crippen LogP contribution is 2.45. The van der Waals surface area contributed by atoms with Gasteiger partial charge in [-0.2, -0.15) is 10.4 Å². The molecule has 1 atom stereocenters. The van der Waals surface area contributed by atoms with E-state index >= 15 is 0 Å². The zero-order valence-electron chi connectivity index (χ0n) is 14.3. The van der Waals surface area contributed by atoms with Crippen LogP contribution in [0.2, 0.25) is 0 Å². The molecule has 0 amide bonds. The number of hydrogen-bond acceptors (Lipinski definition) is 4. The van der Waals surface area contributed by atoms with Gasteiger partial charge in [0.1, 0.15) is 23.3 Å². The zero-order chi connectivity index (χ0) is 19.1. The number of benzene rings is 2. The van der Waals surface area contributed by atoms with E-state index in [-0.39, 0.29) is 17.0 Å². The minimum Gasteiger partial charge on any atom is -0.422 e. The van der Waals surface area contributed by atoms with E-state index in [1.807, 2.05) is 36.4 Å². The first kappa shape index (κ1) is 16.8. The van der Waals surface area contributed by atoms with Crippen LogP contribution in [0.5, 0.6) is 5.88 Å². The van der Waals surface area contributed by atoms with Crippen molar-refractivity contribution in [3.63, 3.8) is 0 Å². The number of halogens is 2. The largest absolute Gasteiger partial charge is 0.422 e. The molecule has 2 aromatic carbocycles. The van der Waals surface area contributed by atoms with Crippen molar-refractivity contribution in [2.45, 2.75) is 12.8 Å². The predicted octanol–water partition coefficient (Wildman–Crippen LogP) is 3.68. The van der Waals surface area contributed by atoms with Crippen molar-refractivity contribution < 1.29 is 13.5 Å². The molecule has 3 aromatic rings. The number of para-hydroxylation sites is 1. The molecule has 2 heterocycles. The predicted molar refractivity (Wildman–Crippen MR) is 94.0 cm³/mol. The Kier molecular flexibility index (Phi) is 3.89. The summed E-state index contributed by atoms with van der Waals surface area (Å²) in [5.41, 5.74) is 7.97. The van der Waals surface area contributed by atoms with Crippen molar-refractivity contribution in [3.8, 4) is 17.6 Å². The van der Waals surface area contributed by atoms with Gasteiger partial charge in [-0.3, -0.25) is 0 Å². The summed E-state index contributed by atoms with van der Waals surface area (Å²) in [4.78, 5) is 0. The molecule has 1 aliphatic rings. The summed E-state index contributed by atoms with van der Waals surface area (Å²) in [6.45, 7) is 1.74. The van der Waals surface area contributed by atoms with Crippen LogP contribution in [0.15, 0.2) is 60.0 Å². The monoisotopic (exact) mass is 364 g/mol. The second-order valence-corrected chi connectivity index (χ2v) is 6.14. The number of nitrogens with two attached hydrogens (primary N) is 1. The van der Waals surface area contributed by atoms with E-state index in [0.29, 0.717) is 17.1 Å². The molecular weight excluding hydrogens is 350 g/mol. The lowest BCUT2D eigenvalue weighted by atomic mass is 9.84. The molecule has 0 spiro atoms. The van der Waals surface area contributed by atoms with Gasteiger partial charge in [-0.15, -0.1) is 0 Å². The molecular formula is C20H14F2N4O. The fraction of sp³-hybridized carbons (Fsp3) is 0.100. The van der Waals surface area contributed by atoms with Crippen LogP contribution in [0.3, 0.4) is 0 Å². The molecule has 2 N–H and O–H groups in total. The van der Waals surface area contributed by atoms with E-state index in [0.717, 1.165) is 17.8 Å². The first-order chi connectivity index (χ1) is 13.0. The van der Waals surface area contributed by atoms with Crippen LogP contribution in [-0.4, -0.2) is 9.78 Å². The maximum atomic E-state index is 14.5. The van der Waals surface area contributed by atoms with Crippen molar-refractivity contribution in [2.75, 3.05) is 0 Å². The van der Waals surface area contributed by atoms with Gasteiger partial charge in [0, 0.05) is 11.6 Å². The van der Waals surface area contributed by atoms with Gasteiger partial charge in [-0.25, -0.2) is 13.5 Å². The molecule has 0 fully saturated rings. The highest BCUT2D eigenvalue weighted by Gasteiger charge is 2.37. The number of allylic oxidation sites excluding steroid dienone is 1. The van der Waals surface area contributed by atoms with Crippen LogP contribution in [0.1, 0.15) is 22.7 Å². The lowest BCUT2D eigenvalue weighted by molar-refractivity contribution is 0.366. The molecule has 0 saturated carbocycles. The minimum absolute atomic E-state index is 0.0590. The third-order valence-electron chi connectivity index (χ3n) is 4.51. The molecule has 0 saturated heterocycles. The summed E-state index contributed by atoms with van der Waals surface area (Å²) in [7, 11) is 0. The van der Waals surface area contributed by atoms with Gasteiger partial charge in [-0.1, -0.05) is 24.3 Å². The number of aromatic nitrogens is 2. The fourth-order valence-electron chi connectivity index (χ4n) is 3.30. The summed E-state index contributed by atoms with van der Waals surface area (Å²) >= 11 is 0. The lowest BCUT2D eigenvalue weighted by Gasteiger charge is -2.25. The minimum atomic E-state index is -0.836. The molecule has 4 rings (SSSR count). The molecule has 0 unspecified atom stereocenters. The van der Waals surface area contributed by atoms with Crippen LogP contribution in [0, 0.1) is 29.9 Å². The number of rotatable bonds is 2. The number of nitrogens with zero attached hydrogens (tertiary/aromatic N) is 3. The molecule has 5 nitrogen and oxygen atoms in total. The van der Waals surface area contributed by atoms with Gasteiger partial charge in [0.15, 0.2) is 0 Å². The van der Waals surface area contributed by atoms with Crippen LogP contribution in [0.4, 0.5) is 8.78 Å². The quantitative estimate of drug-likeness (QED) is 0.753. The fourth-order valence-corrected chi connectivity index (χ4v) is 3.30. The molecule has 7 heteroatoms. The first-order valence-corrected chi connectivity index (χ1v) is 8.18. The Bertz CT molecular complexity index is 1110. The average Bonchev–Trinajstić information content (AvgIpc) is 2.98. The third-order valence-corrected chi connectivity index (χ3v) is 4.51. The highest BCUT2D eigenvalue weighted by molar-refractivity contribution is 5.57. The molecule has 1 aromatic heterocycles. The maximum Gasteiger partial charge on any atom is 0.229 e. The van der Waals surface area contributed by atoms with Crippen LogP contribution in [-0.2, 0) is 0 Å². The van der Waals surface area contributed by atoms with Crippen LogP contribution in [0.25, 0.3) is 5.69 Å². The topological polar surface area (TPSA) is 76.9 Å². The highest BCUT2D eigenvalue weighted by atomic mass is 19.1. The van der Waals surface area contributed by atoms with Crippen molar-refractivity contribution in [2.24, 2.45) is 5.73 Å². The second kappa shape index (κ2) is 6.25. The lowest BCUT2D eigenvalue weighted by Crippen LogP contribution is -2.22. The summed E-state index contributed by atoms with van der Waals surface area (Å²) in [6.07, 6.45) is 0. The van der Waals surface area contributed by atoms with E-state index in [1.54, 1.807) is 11.6 Å². The number of hydrogen-bond donors (Lipinski definition) is 1. The van der Waals surface area contributed by atoms with Crippen LogP contribution >= 0.6 is 0 Å². The number of nitriles is 1. The van der Waals surface area contributed by atoms with E-state index in [9.17, 15) is 14.0 Å². The molecule has 0 aliphatic carbocycles. The van der Waals surface area contributed by atoms with Crippen molar-refractivity contribution >= 4 is 0 Å². The summed E-state index contributed by atoms with van der Waals surface area (Å²) in [5.74, 6) is -2.12. The van der Waals surface area contributed by atoms with E-state index in [4.69, 9.17) is 10.5 Å². The molecule has 1 aliphatic heterocycles. The SMILES string of the molecule is Cc1nn(-c2ccccc2)c2c1[C@@H](c1ccc(F)cc1F)C(C#N)=C(N)O2. The van der Waals surface area contributed by atoms with Gasteiger partial charge in [-0.05, 0) is 25.1 Å². The Morgan fingerprint density at radius 2 is 1.93 bits per heavy atom. The van der Waals surface area contributed by atoms with Gasteiger partial charge in [0.25, 0.3) is 0 Å². The molecule has 0 bridgehead atoms. The maximum absolute atomic E-state index is 14.5. The third kappa shape index (κ3) is 2.62. The number of ether oxygens (including phenoxy) is 1. The number of fused-ring (bicyclic) bond motifs is 1. The Labute approximate surface area is 153 Å². The Morgan fingerprint density at radius 1 is 1.19 bits per heavy atom. The Balaban J connectivity index is 1.98. The summed E-state index contributed by atoms with van der Waals surface area (Å²) < 4.78 is 35.2. The first-order valence-electron chi connectivity index (χ1n) is 8.18. The van der Waals surface area contributed by atoms with E-state index in [2.05, 4.69) is 5.10 Å². The van der Waals surface area contributed by atoms with E-state index < -0.39 is 17.6 Å². The summed E-state index contributed by atoms with van der Waals surface area (Å²) in [5, 5.41) is 14.1. The second-order valence-electron chi connectivity index (χ2n) is 6.14. The van der Waals surface area contributed by atoms with Gasteiger partial charge in [0.2, 0.25) is 11.8 Å². The van der Waals surface area contributed by atoms with Crippen molar-refractivity contribution in [1.82, 2.24) is 9.78 Å². The Hall–Kier alpha value is -3.66. The van der Waals surface area contributed by atoms with Gasteiger partial charge >= 0.3 is 0 Å². The van der Waals surface area contributed by atoms with Crippen molar-refractivity contribution in [1.29, 1.82) is 5.26 Å². The molecule has 0 radical (unpaired) electrons. The van der Waals surface area contributed by atoms with Gasteiger partial charge < -0.3 is 10.5 Å². The summed E-state index contributed by atoms with van der Waals surface area (Å²) in [6, 6.07) is 14.5. The average molecular weight is 364 g/mol. The number of aryl methyl sites for hydroxylation is 1. The van der Waals surface area contributed by atoms with Crippen LogP contribution < -0.4 is 10.5 Å². The zero-order valence-corrected chi connectivity index (χ0v) is 14.3.